The molecule has 2 aromatic heterocycles. The standard InChI is InChI=1S/C10H10BrN5O2/c1-15-6-7(4-14-15)3-12-10-9(16(17)18)2-8(11)5-13-10/h2,4-6H,3H2,1H3,(H,12,13). The third-order valence-electron chi connectivity index (χ3n) is 2.25. The first kappa shape index (κ1) is 12.5. The molecule has 2 rings (SSSR count). The van der Waals surface area contributed by atoms with E-state index in [1.54, 1.807) is 10.9 Å². The van der Waals surface area contributed by atoms with Crippen molar-refractivity contribution < 1.29 is 4.92 Å². The summed E-state index contributed by atoms with van der Waals surface area (Å²) in [4.78, 5) is 14.4. The monoisotopic (exact) mass is 311 g/mol. The maximum Gasteiger partial charge on any atom is 0.312 e. The molecule has 0 unspecified atom stereocenters. The van der Waals surface area contributed by atoms with Crippen molar-refractivity contribution in [3.05, 3.63) is 44.8 Å². The summed E-state index contributed by atoms with van der Waals surface area (Å²) >= 11 is 3.16. The summed E-state index contributed by atoms with van der Waals surface area (Å²) in [7, 11) is 1.81. The zero-order chi connectivity index (χ0) is 13.1. The average Bonchev–Trinajstić information content (AvgIpc) is 2.73. The molecule has 18 heavy (non-hydrogen) atoms. The molecule has 0 bridgehead atoms. The summed E-state index contributed by atoms with van der Waals surface area (Å²) < 4.78 is 2.24. The molecule has 2 heterocycles. The summed E-state index contributed by atoms with van der Waals surface area (Å²) in [6.45, 7) is 0.434. The van der Waals surface area contributed by atoms with Crippen molar-refractivity contribution in [2.75, 3.05) is 5.32 Å². The molecule has 0 fully saturated rings. The van der Waals surface area contributed by atoms with Gasteiger partial charge in [-0.1, -0.05) is 0 Å². The van der Waals surface area contributed by atoms with E-state index in [2.05, 4.69) is 31.3 Å². The number of nitrogens with one attached hydrogen (secondary N) is 1. The average molecular weight is 312 g/mol. The molecule has 0 aliphatic carbocycles. The molecule has 0 aliphatic heterocycles. The number of nitro groups is 1. The quantitative estimate of drug-likeness (QED) is 0.690. The van der Waals surface area contributed by atoms with Crippen LogP contribution >= 0.6 is 15.9 Å². The first-order valence-electron chi connectivity index (χ1n) is 5.07. The summed E-state index contributed by atoms with van der Waals surface area (Å²) in [6, 6.07) is 1.42. The number of aryl methyl sites for hydroxylation is 1. The molecule has 0 saturated heterocycles. The van der Waals surface area contributed by atoms with Crippen LogP contribution in [0.1, 0.15) is 5.56 Å². The molecule has 1 N–H and O–H groups in total. The summed E-state index contributed by atoms with van der Waals surface area (Å²) in [5, 5.41) is 17.8. The Morgan fingerprint density at radius 1 is 1.56 bits per heavy atom. The second-order valence-electron chi connectivity index (χ2n) is 3.65. The Hall–Kier alpha value is -1.96. The predicted octanol–water partition coefficient (Wildman–Crippen LogP) is 2.10. The lowest BCUT2D eigenvalue weighted by molar-refractivity contribution is -0.384. The highest BCUT2D eigenvalue weighted by Crippen LogP contribution is 2.25. The van der Waals surface area contributed by atoms with Crippen LogP contribution in [0.25, 0.3) is 0 Å². The van der Waals surface area contributed by atoms with E-state index in [1.807, 2.05) is 13.2 Å². The Kier molecular flexibility index (Phi) is 3.56. The minimum Gasteiger partial charge on any atom is -0.360 e. The zero-order valence-corrected chi connectivity index (χ0v) is 11.1. The fraction of sp³-hybridized carbons (Fsp3) is 0.200. The lowest BCUT2D eigenvalue weighted by Gasteiger charge is -2.04. The lowest BCUT2D eigenvalue weighted by atomic mass is 10.3. The largest absolute Gasteiger partial charge is 0.360 e. The van der Waals surface area contributed by atoms with Crippen LogP contribution in [0, 0.1) is 10.1 Å². The van der Waals surface area contributed by atoms with Gasteiger partial charge in [-0.15, -0.1) is 0 Å². The van der Waals surface area contributed by atoms with Crippen LogP contribution in [0.5, 0.6) is 0 Å². The number of rotatable bonds is 4. The van der Waals surface area contributed by atoms with Gasteiger partial charge in [0.25, 0.3) is 0 Å². The van der Waals surface area contributed by atoms with Crippen LogP contribution < -0.4 is 5.32 Å². The summed E-state index contributed by atoms with van der Waals surface area (Å²) in [5.41, 5.74) is 0.866. The van der Waals surface area contributed by atoms with E-state index in [1.165, 1.54) is 12.3 Å². The number of hydrogen-bond acceptors (Lipinski definition) is 5. The molecule has 0 amide bonds. The van der Waals surface area contributed by atoms with E-state index in [0.717, 1.165) is 5.56 Å². The first-order chi connectivity index (χ1) is 8.56. The number of aromatic nitrogens is 3. The molecular formula is C10H10BrN5O2. The molecule has 0 spiro atoms. The first-order valence-corrected chi connectivity index (χ1v) is 5.87. The van der Waals surface area contributed by atoms with Gasteiger partial charge in [-0.3, -0.25) is 14.8 Å². The molecular weight excluding hydrogens is 302 g/mol. The minimum absolute atomic E-state index is 0.0618. The van der Waals surface area contributed by atoms with E-state index in [4.69, 9.17) is 0 Å². The van der Waals surface area contributed by atoms with Crippen molar-refractivity contribution in [2.45, 2.75) is 6.54 Å². The van der Waals surface area contributed by atoms with E-state index in [-0.39, 0.29) is 11.5 Å². The van der Waals surface area contributed by atoms with Crippen LogP contribution in [0.15, 0.2) is 29.1 Å². The van der Waals surface area contributed by atoms with Crippen LogP contribution in [0.3, 0.4) is 0 Å². The Balaban J connectivity index is 2.16. The molecule has 8 heteroatoms. The van der Waals surface area contributed by atoms with E-state index < -0.39 is 4.92 Å². The fourth-order valence-electron chi connectivity index (χ4n) is 1.45. The molecule has 0 aromatic carbocycles. The Labute approximate surface area is 111 Å². The smallest absolute Gasteiger partial charge is 0.312 e. The predicted molar refractivity (Wildman–Crippen MR) is 69.1 cm³/mol. The van der Waals surface area contributed by atoms with Gasteiger partial charge in [-0.2, -0.15) is 5.10 Å². The molecule has 0 radical (unpaired) electrons. The number of nitrogens with zero attached hydrogens (tertiary/aromatic N) is 4. The minimum atomic E-state index is -0.469. The van der Waals surface area contributed by atoms with Crippen LogP contribution in [-0.2, 0) is 13.6 Å². The van der Waals surface area contributed by atoms with Crippen molar-refractivity contribution in [1.29, 1.82) is 0 Å². The van der Waals surface area contributed by atoms with Gasteiger partial charge in [-0.05, 0) is 15.9 Å². The van der Waals surface area contributed by atoms with Gasteiger partial charge in [0.1, 0.15) is 0 Å². The maximum absolute atomic E-state index is 10.9. The lowest BCUT2D eigenvalue weighted by Crippen LogP contribution is -2.04. The van der Waals surface area contributed by atoms with Gasteiger partial charge in [0.05, 0.1) is 11.1 Å². The van der Waals surface area contributed by atoms with Gasteiger partial charge >= 0.3 is 5.69 Å². The molecule has 94 valence electrons. The SMILES string of the molecule is Cn1cc(CNc2ncc(Br)cc2[N+](=O)[O-])cn1. The van der Waals surface area contributed by atoms with E-state index in [0.29, 0.717) is 11.0 Å². The third-order valence-corrected chi connectivity index (χ3v) is 2.68. The molecule has 0 atom stereocenters. The normalized spacial score (nSPS) is 10.3. The molecule has 7 nitrogen and oxygen atoms in total. The highest BCUT2D eigenvalue weighted by Gasteiger charge is 2.15. The Morgan fingerprint density at radius 2 is 2.33 bits per heavy atom. The maximum atomic E-state index is 10.9. The second kappa shape index (κ2) is 5.13. The van der Waals surface area contributed by atoms with Crippen molar-refractivity contribution in [3.63, 3.8) is 0 Å². The highest BCUT2D eigenvalue weighted by molar-refractivity contribution is 9.10. The van der Waals surface area contributed by atoms with E-state index in [9.17, 15) is 10.1 Å². The Morgan fingerprint density at radius 3 is 2.94 bits per heavy atom. The zero-order valence-electron chi connectivity index (χ0n) is 9.50. The summed E-state index contributed by atoms with van der Waals surface area (Å²) in [5.74, 6) is 0.243. The van der Waals surface area contributed by atoms with Crippen LogP contribution in [0.2, 0.25) is 0 Å². The van der Waals surface area contributed by atoms with Gasteiger partial charge in [0.15, 0.2) is 0 Å². The highest BCUT2D eigenvalue weighted by atomic mass is 79.9. The van der Waals surface area contributed by atoms with Gasteiger partial charge in [0.2, 0.25) is 5.82 Å². The van der Waals surface area contributed by atoms with Gasteiger partial charge < -0.3 is 5.32 Å². The topological polar surface area (TPSA) is 85.9 Å². The van der Waals surface area contributed by atoms with E-state index >= 15 is 0 Å². The van der Waals surface area contributed by atoms with Gasteiger partial charge in [0, 0.05) is 42.1 Å². The number of halogens is 1. The number of pyridine rings is 1. The fourth-order valence-corrected chi connectivity index (χ4v) is 1.77. The number of anilines is 1. The molecule has 0 aliphatic rings. The van der Waals surface area contributed by atoms with Crippen molar-refractivity contribution in [2.24, 2.45) is 7.05 Å². The van der Waals surface area contributed by atoms with Crippen molar-refractivity contribution in [3.8, 4) is 0 Å². The van der Waals surface area contributed by atoms with Crippen molar-refractivity contribution >= 4 is 27.4 Å². The Bertz CT molecular complexity index is 583. The van der Waals surface area contributed by atoms with Crippen LogP contribution in [-0.4, -0.2) is 19.7 Å². The van der Waals surface area contributed by atoms with Crippen LogP contribution in [0.4, 0.5) is 11.5 Å². The third kappa shape index (κ3) is 2.83. The molecule has 2 aromatic rings. The molecule has 0 saturated carbocycles. The van der Waals surface area contributed by atoms with Gasteiger partial charge in [-0.25, -0.2) is 4.98 Å². The number of hydrogen-bond donors (Lipinski definition) is 1. The summed E-state index contributed by atoms with van der Waals surface area (Å²) in [6.07, 6.45) is 5.04. The van der Waals surface area contributed by atoms with Crippen molar-refractivity contribution in [1.82, 2.24) is 14.8 Å². The second-order valence-corrected chi connectivity index (χ2v) is 4.57.